The summed E-state index contributed by atoms with van der Waals surface area (Å²) in [6.07, 6.45) is 0.0519. The van der Waals surface area contributed by atoms with E-state index >= 15 is 0 Å². The molecule has 1 aromatic rings. The second-order valence-corrected chi connectivity index (χ2v) is 5.79. The Kier molecular flexibility index (Phi) is 4.50. The van der Waals surface area contributed by atoms with E-state index in [1.54, 1.807) is 6.92 Å². The normalized spacial score (nSPS) is 17.8. The average molecular weight is 291 g/mol. The average Bonchev–Trinajstić information content (AvgIpc) is 2.78. The minimum atomic E-state index is -0.850. The van der Waals surface area contributed by atoms with Crippen LogP contribution in [-0.4, -0.2) is 30.1 Å². The summed E-state index contributed by atoms with van der Waals surface area (Å²) >= 11 is 0. The topological polar surface area (TPSA) is 75.6 Å². The number of aliphatic carboxylic acids is 1. The molecule has 0 bridgehead atoms. The lowest BCUT2D eigenvalue weighted by atomic mass is 9.96. The number of aryl methyl sites for hydroxylation is 2. The van der Waals surface area contributed by atoms with Crippen molar-refractivity contribution in [2.24, 2.45) is 5.92 Å². The molecular weight excluding hydrogens is 270 g/mol. The van der Waals surface area contributed by atoms with Crippen LogP contribution in [0.3, 0.4) is 0 Å². The predicted molar refractivity (Wildman–Crippen MR) is 78.6 cm³/mol. The fraction of sp³-hybridized carbons (Fsp3) is 0.500. The lowest BCUT2D eigenvalue weighted by Gasteiger charge is -2.14. The summed E-state index contributed by atoms with van der Waals surface area (Å²) in [5.74, 6) is -0.576. The van der Waals surface area contributed by atoms with Gasteiger partial charge in [-0.2, -0.15) is 0 Å². The van der Waals surface area contributed by atoms with Crippen LogP contribution >= 0.6 is 0 Å². The van der Waals surface area contributed by atoms with Crippen LogP contribution < -0.4 is 10.1 Å². The van der Waals surface area contributed by atoms with Gasteiger partial charge in [0.15, 0.2) is 0 Å². The molecule has 0 radical (unpaired) electrons. The number of hydrogen-bond donors (Lipinski definition) is 2. The molecule has 0 aliphatic carbocycles. The molecule has 0 saturated heterocycles. The van der Waals surface area contributed by atoms with E-state index in [9.17, 15) is 9.59 Å². The van der Waals surface area contributed by atoms with Gasteiger partial charge in [0.05, 0.1) is 0 Å². The number of fused-ring (bicyclic) bond motifs is 1. The van der Waals surface area contributed by atoms with Crippen molar-refractivity contribution in [3.05, 3.63) is 28.8 Å². The Hall–Kier alpha value is -2.04. The molecule has 2 rings (SSSR count). The molecule has 2 atom stereocenters. The Morgan fingerprint density at radius 2 is 2.05 bits per heavy atom. The van der Waals surface area contributed by atoms with Gasteiger partial charge in [-0.3, -0.25) is 9.59 Å². The van der Waals surface area contributed by atoms with E-state index in [2.05, 4.69) is 5.32 Å². The Morgan fingerprint density at radius 1 is 1.38 bits per heavy atom. The molecule has 2 N–H and O–H groups in total. The van der Waals surface area contributed by atoms with Crippen molar-refractivity contribution in [3.8, 4) is 5.75 Å². The van der Waals surface area contributed by atoms with Crippen LogP contribution in [0.1, 0.15) is 36.0 Å². The van der Waals surface area contributed by atoms with Crippen molar-refractivity contribution in [1.29, 1.82) is 0 Å². The summed E-state index contributed by atoms with van der Waals surface area (Å²) in [6.45, 7) is 6.54. The smallest absolute Gasteiger partial charge is 0.303 e. The maximum atomic E-state index is 12.3. The van der Waals surface area contributed by atoms with E-state index in [1.807, 2.05) is 26.0 Å². The molecule has 1 amide bonds. The van der Waals surface area contributed by atoms with E-state index in [-0.39, 0.29) is 24.2 Å². The number of carboxylic acid groups (broad SMARTS) is 1. The maximum Gasteiger partial charge on any atom is 0.303 e. The van der Waals surface area contributed by atoms with Gasteiger partial charge in [0.2, 0.25) is 5.91 Å². The summed E-state index contributed by atoms with van der Waals surface area (Å²) in [6, 6.07) is 3.97. The number of carbonyl (C=O) groups is 2. The number of ether oxygens (including phenoxy) is 1. The Bertz CT molecular complexity index is 568. The highest BCUT2D eigenvalue weighted by Gasteiger charge is 2.30. The molecule has 0 saturated carbocycles. The summed E-state index contributed by atoms with van der Waals surface area (Å²) in [4.78, 5) is 22.9. The first-order valence-electron chi connectivity index (χ1n) is 7.12. The monoisotopic (exact) mass is 291 g/mol. The molecule has 0 aromatic heterocycles. The number of carboxylic acids is 1. The molecule has 1 aromatic carbocycles. The fourth-order valence-corrected chi connectivity index (χ4v) is 2.46. The van der Waals surface area contributed by atoms with Gasteiger partial charge in [-0.1, -0.05) is 13.0 Å². The summed E-state index contributed by atoms with van der Waals surface area (Å²) in [5, 5.41) is 11.5. The molecule has 0 fully saturated rings. The van der Waals surface area contributed by atoms with Crippen molar-refractivity contribution < 1.29 is 19.4 Å². The quantitative estimate of drug-likeness (QED) is 0.870. The maximum absolute atomic E-state index is 12.3. The lowest BCUT2D eigenvalue weighted by Crippen LogP contribution is -2.34. The van der Waals surface area contributed by atoms with E-state index in [1.165, 1.54) is 0 Å². The Labute approximate surface area is 124 Å². The molecule has 1 aliphatic rings. The molecular formula is C16H21NO4. The number of hydrogen-bond acceptors (Lipinski definition) is 3. The minimum Gasteiger partial charge on any atom is -0.492 e. The SMILES string of the molecule is Cc1cc2c(cc1C)C(C(=O)NCC(C)CC(=O)O)CO2. The molecule has 2 unspecified atom stereocenters. The summed E-state index contributed by atoms with van der Waals surface area (Å²) in [5.41, 5.74) is 3.20. The van der Waals surface area contributed by atoms with Gasteiger partial charge in [0.1, 0.15) is 18.3 Å². The molecule has 1 heterocycles. The Morgan fingerprint density at radius 3 is 2.71 bits per heavy atom. The third kappa shape index (κ3) is 3.54. The first kappa shape index (κ1) is 15.4. The zero-order valence-corrected chi connectivity index (χ0v) is 12.6. The molecule has 114 valence electrons. The first-order valence-corrected chi connectivity index (χ1v) is 7.12. The highest BCUT2D eigenvalue weighted by atomic mass is 16.5. The summed E-state index contributed by atoms with van der Waals surface area (Å²) < 4.78 is 5.58. The van der Waals surface area contributed by atoms with Gasteiger partial charge in [-0.15, -0.1) is 0 Å². The second-order valence-electron chi connectivity index (χ2n) is 5.79. The predicted octanol–water partition coefficient (Wildman–Crippen LogP) is 2.01. The van der Waals surface area contributed by atoms with Crippen molar-refractivity contribution in [2.45, 2.75) is 33.1 Å². The number of rotatable bonds is 5. The molecule has 1 aliphatic heterocycles. The van der Waals surface area contributed by atoms with Crippen LogP contribution in [0.25, 0.3) is 0 Å². The second kappa shape index (κ2) is 6.16. The van der Waals surface area contributed by atoms with Gasteiger partial charge in [-0.05, 0) is 37.0 Å². The van der Waals surface area contributed by atoms with Crippen molar-refractivity contribution in [2.75, 3.05) is 13.2 Å². The summed E-state index contributed by atoms with van der Waals surface area (Å²) in [7, 11) is 0. The lowest BCUT2D eigenvalue weighted by molar-refractivity contribution is -0.138. The molecule has 5 heteroatoms. The largest absolute Gasteiger partial charge is 0.492 e. The highest BCUT2D eigenvalue weighted by molar-refractivity contribution is 5.85. The van der Waals surface area contributed by atoms with E-state index in [0.29, 0.717) is 13.2 Å². The zero-order valence-electron chi connectivity index (χ0n) is 12.6. The van der Waals surface area contributed by atoms with Crippen molar-refractivity contribution in [3.63, 3.8) is 0 Å². The highest BCUT2D eigenvalue weighted by Crippen LogP contribution is 2.36. The standard InChI is InChI=1S/C16H21NO4/c1-9(4-15(18)19)7-17-16(20)13-8-21-14-6-11(3)10(2)5-12(13)14/h5-6,9,13H,4,7-8H2,1-3H3,(H,17,20)(H,18,19). The van der Waals surface area contributed by atoms with Gasteiger partial charge in [0, 0.05) is 18.5 Å². The van der Waals surface area contributed by atoms with Gasteiger partial charge >= 0.3 is 5.97 Å². The Balaban J connectivity index is 2.00. The fourth-order valence-electron chi connectivity index (χ4n) is 2.46. The van der Waals surface area contributed by atoms with Crippen LogP contribution in [-0.2, 0) is 9.59 Å². The van der Waals surface area contributed by atoms with Gasteiger partial charge < -0.3 is 15.2 Å². The third-order valence-corrected chi connectivity index (χ3v) is 3.87. The van der Waals surface area contributed by atoms with E-state index < -0.39 is 5.97 Å². The first-order chi connectivity index (χ1) is 9.88. The van der Waals surface area contributed by atoms with Gasteiger partial charge in [0.25, 0.3) is 0 Å². The molecule has 0 spiro atoms. The molecule has 5 nitrogen and oxygen atoms in total. The number of nitrogens with one attached hydrogen (secondary N) is 1. The number of benzene rings is 1. The number of amides is 1. The van der Waals surface area contributed by atoms with E-state index in [0.717, 1.165) is 22.4 Å². The van der Waals surface area contributed by atoms with Crippen LogP contribution in [0.2, 0.25) is 0 Å². The zero-order chi connectivity index (χ0) is 15.6. The van der Waals surface area contributed by atoms with Crippen molar-refractivity contribution >= 4 is 11.9 Å². The van der Waals surface area contributed by atoms with Crippen LogP contribution in [0.15, 0.2) is 12.1 Å². The third-order valence-electron chi connectivity index (χ3n) is 3.87. The number of carbonyl (C=O) groups excluding carboxylic acids is 1. The van der Waals surface area contributed by atoms with Crippen LogP contribution in [0, 0.1) is 19.8 Å². The minimum absolute atomic E-state index is 0.0519. The van der Waals surface area contributed by atoms with Crippen LogP contribution in [0.5, 0.6) is 5.75 Å². The van der Waals surface area contributed by atoms with Gasteiger partial charge in [-0.25, -0.2) is 0 Å². The van der Waals surface area contributed by atoms with Crippen LogP contribution in [0.4, 0.5) is 0 Å². The molecule has 21 heavy (non-hydrogen) atoms. The van der Waals surface area contributed by atoms with Crippen molar-refractivity contribution in [1.82, 2.24) is 5.32 Å². The van der Waals surface area contributed by atoms with E-state index in [4.69, 9.17) is 9.84 Å².